The molecule has 3 aromatic heterocycles. The molecule has 3 aromatic carbocycles. The van der Waals surface area contributed by atoms with Crippen LogP contribution in [-0.2, 0) is 5.66 Å². The standard InChI is InChI=1S/C34H26N6/c1-22-21-28(37-31-26(22)18-16-24-17-19-27(36-30(24)31)23-11-5-3-6-12-23)33-38-32(25-13-7-4-8-14-25)39-34(2,40-33)29-15-9-10-20-35-29/h3-21H,1-2H3,(H,38,39,40). The molecule has 6 aromatic rings. The number of nitrogens with one attached hydrogen (secondary N) is 1. The molecule has 6 heteroatoms. The summed E-state index contributed by atoms with van der Waals surface area (Å²) in [5, 5.41) is 5.62. The molecule has 1 N–H and O–H groups in total. The second-order valence-corrected chi connectivity index (χ2v) is 10.1. The molecule has 0 radical (unpaired) electrons. The van der Waals surface area contributed by atoms with E-state index in [-0.39, 0.29) is 0 Å². The van der Waals surface area contributed by atoms with Crippen molar-refractivity contribution in [1.29, 1.82) is 0 Å². The summed E-state index contributed by atoms with van der Waals surface area (Å²) >= 11 is 0. The highest BCUT2D eigenvalue weighted by Crippen LogP contribution is 2.30. The molecule has 1 aliphatic heterocycles. The van der Waals surface area contributed by atoms with E-state index in [4.69, 9.17) is 20.0 Å². The van der Waals surface area contributed by atoms with Crippen LogP contribution < -0.4 is 5.32 Å². The predicted molar refractivity (Wildman–Crippen MR) is 161 cm³/mol. The molecule has 0 saturated heterocycles. The van der Waals surface area contributed by atoms with Crippen molar-refractivity contribution >= 4 is 33.5 Å². The van der Waals surface area contributed by atoms with E-state index >= 15 is 0 Å². The van der Waals surface area contributed by atoms with Crippen molar-refractivity contribution in [3.05, 3.63) is 138 Å². The maximum Gasteiger partial charge on any atom is 0.178 e. The zero-order valence-corrected chi connectivity index (χ0v) is 22.2. The average Bonchev–Trinajstić information content (AvgIpc) is 3.01. The molecule has 4 heterocycles. The van der Waals surface area contributed by atoms with Crippen molar-refractivity contribution in [3.63, 3.8) is 0 Å². The van der Waals surface area contributed by atoms with Crippen molar-refractivity contribution < 1.29 is 0 Å². The number of rotatable bonds is 4. The number of hydrogen-bond acceptors (Lipinski definition) is 6. The van der Waals surface area contributed by atoms with Gasteiger partial charge in [0.2, 0.25) is 0 Å². The third-order valence-electron chi connectivity index (χ3n) is 7.26. The Morgan fingerprint density at radius 1 is 0.675 bits per heavy atom. The van der Waals surface area contributed by atoms with Crippen molar-refractivity contribution in [2.75, 3.05) is 0 Å². The van der Waals surface area contributed by atoms with Gasteiger partial charge in [-0.25, -0.2) is 20.0 Å². The van der Waals surface area contributed by atoms with Crippen molar-refractivity contribution in [2.45, 2.75) is 19.5 Å². The van der Waals surface area contributed by atoms with Crippen LogP contribution >= 0.6 is 0 Å². The molecule has 1 atom stereocenters. The number of aryl methyl sites for hydroxylation is 1. The Kier molecular flexibility index (Phi) is 5.67. The van der Waals surface area contributed by atoms with Crippen LogP contribution in [0.3, 0.4) is 0 Å². The lowest BCUT2D eigenvalue weighted by atomic mass is 10.0. The Morgan fingerprint density at radius 3 is 2.12 bits per heavy atom. The summed E-state index contributed by atoms with van der Waals surface area (Å²) in [5.41, 5.74) is 6.40. The first-order chi connectivity index (χ1) is 19.6. The summed E-state index contributed by atoms with van der Waals surface area (Å²) in [6.45, 7) is 4.12. The van der Waals surface area contributed by atoms with E-state index in [2.05, 4.69) is 59.7 Å². The number of fused-ring (bicyclic) bond motifs is 3. The average molecular weight is 519 g/mol. The number of benzene rings is 3. The zero-order valence-electron chi connectivity index (χ0n) is 22.2. The Balaban J connectivity index is 1.44. The summed E-state index contributed by atoms with van der Waals surface area (Å²) in [7, 11) is 0. The third kappa shape index (κ3) is 4.20. The van der Waals surface area contributed by atoms with E-state index in [0.717, 1.165) is 55.7 Å². The first kappa shape index (κ1) is 23.9. The van der Waals surface area contributed by atoms with Crippen LogP contribution in [0.5, 0.6) is 0 Å². The van der Waals surface area contributed by atoms with Gasteiger partial charge in [0.05, 0.1) is 22.4 Å². The molecule has 6 nitrogen and oxygen atoms in total. The first-order valence-electron chi connectivity index (χ1n) is 13.3. The number of pyridine rings is 3. The molecule has 0 saturated carbocycles. The largest absolute Gasteiger partial charge is 0.341 e. The first-order valence-corrected chi connectivity index (χ1v) is 13.3. The number of nitrogens with zero attached hydrogens (tertiary/aromatic N) is 5. The molecule has 0 spiro atoms. The Morgan fingerprint density at radius 2 is 1.38 bits per heavy atom. The Labute approximate surface area is 232 Å². The van der Waals surface area contributed by atoms with Gasteiger partial charge >= 0.3 is 0 Å². The van der Waals surface area contributed by atoms with E-state index in [1.165, 1.54) is 0 Å². The molecular formula is C34H26N6. The highest BCUT2D eigenvalue weighted by Gasteiger charge is 2.33. The minimum Gasteiger partial charge on any atom is -0.341 e. The van der Waals surface area contributed by atoms with Gasteiger partial charge in [-0.3, -0.25) is 4.98 Å². The molecule has 1 unspecified atom stereocenters. The van der Waals surface area contributed by atoms with Gasteiger partial charge in [-0.15, -0.1) is 0 Å². The summed E-state index contributed by atoms with van der Waals surface area (Å²) in [4.78, 5) is 24.9. The maximum absolute atomic E-state index is 5.16. The van der Waals surface area contributed by atoms with E-state index in [1.54, 1.807) is 6.20 Å². The topological polar surface area (TPSA) is 75.4 Å². The summed E-state index contributed by atoms with van der Waals surface area (Å²) in [6, 6.07) is 36.6. The number of amidine groups is 2. The van der Waals surface area contributed by atoms with Gasteiger partial charge in [0.1, 0.15) is 11.5 Å². The third-order valence-corrected chi connectivity index (χ3v) is 7.26. The van der Waals surface area contributed by atoms with Gasteiger partial charge in [-0.2, -0.15) is 0 Å². The maximum atomic E-state index is 5.16. The van der Waals surface area contributed by atoms with Crippen LogP contribution in [0.25, 0.3) is 33.1 Å². The minimum absolute atomic E-state index is 0.548. The van der Waals surface area contributed by atoms with Crippen molar-refractivity contribution in [1.82, 2.24) is 20.3 Å². The lowest BCUT2D eigenvalue weighted by Crippen LogP contribution is -2.46. The minimum atomic E-state index is -0.828. The lowest BCUT2D eigenvalue weighted by molar-refractivity contribution is 0.441. The Bertz CT molecular complexity index is 1930. The van der Waals surface area contributed by atoms with Crippen LogP contribution in [0.4, 0.5) is 0 Å². The van der Waals surface area contributed by atoms with E-state index in [9.17, 15) is 0 Å². The number of hydrogen-bond donors (Lipinski definition) is 1. The molecule has 40 heavy (non-hydrogen) atoms. The van der Waals surface area contributed by atoms with E-state index in [0.29, 0.717) is 11.5 Å². The fraction of sp³-hybridized carbons (Fsp3) is 0.0882. The SMILES string of the molecule is Cc1cc(C2=NC(C)(c3ccccn3)NC(c3ccccc3)=N2)nc2c1ccc1ccc(-c3ccccc3)nc12. The van der Waals surface area contributed by atoms with E-state index in [1.807, 2.05) is 73.7 Å². The monoisotopic (exact) mass is 518 g/mol. The molecular weight excluding hydrogens is 492 g/mol. The molecule has 1 aliphatic rings. The van der Waals surface area contributed by atoms with Gasteiger partial charge in [0.15, 0.2) is 11.5 Å². The fourth-order valence-electron chi connectivity index (χ4n) is 5.17. The zero-order chi connectivity index (χ0) is 27.1. The van der Waals surface area contributed by atoms with Gasteiger partial charge in [-0.05, 0) is 43.7 Å². The predicted octanol–water partition coefficient (Wildman–Crippen LogP) is 6.82. The number of aromatic nitrogens is 3. The smallest absolute Gasteiger partial charge is 0.178 e. The second-order valence-electron chi connectivity index (χ2n) is 10.1. The quantitative estimate of drug-likeness (QED) is 0.260. The Hall–Kier alpha value is -5.23. The van der Waals surface area contributed by atoms with Crippen LogP contribution in [-0.4, -0.2) is 26.6 Å². The van der Waals surface area contributed by atoms with Gasteiger partial charge in [-0.1, -0.05) is 84.9 Å². The normalized spacial score (nSPS) is 16.9. The van der Waals surface area contributed by atoms with Crippen molar-refractivity contribution in [3.8, 4) is 11.3 Å². The van der Waals surface area contributed by atoms with Crippen molar-refractivity contribution in [2.24, 2.45) is 9.98 Å². The summed E-state index contributed by atoms with van der Waals surface area (Å²) < 4.78 is 0. The lowest BCUT2D eigenvalue weighted by Gasteiger charge is -2.32. The molecule has 192 valence electrons. The van der Waals surface area contributed by atoms with E-state index < -0.39 is 5.66 Å². The highest BCUT2D eigenvalue weighted by atomic mass is 15.3. The van der Waals surface area contributed by atoms with Crippen LogP contribution in [0, 0.1) is 6.92 Å². The molecule has 0 fully saturated rings. The van der Waals surface area contributed by atoms with Crippen LogP contribution in [0.1, 0.15) is 29.4 Å². The molecule has 0 aliphatic carbocycles. The fourth-order valence-corrected chi connectivity index (χ4v) is 5.17. The van der Waals surface area contributed by atoms with Gasteiger partial charge in [0.25, 0.3) is 0 Å². The highest BCUT2D eigenvalue weighted by molar-refractivity contribution is 6.14. The van der Waals surface area contributed by atoms with Gasteiger partial charge < -0.3 is 5.32 Å². The van der Waals surface area contributed by atoms with Gasteiger partial charge in [0, 0.05) is 28.1 Å². The van der Waals surface area contributed by atoms with Crippen LogP contribution in [0.2, 0.25) is 0 Å². The molecule has 7 rings (SSSR count). The summed E-state index contributed by atoms with van der Waals surface area (Å²) in [5.74, 6) is 1.27. The van der Waals surface area contributed by atoms with Crippen LogP contribution in [0.15, 0.2) is 125 Å². The second kappa shape index (κ2) is 9.50. The number of aliphatic imine (C=N–C) groups is 2. The molecule has 0 amide bonds. The summed E-state index contributed by atoms with van der Waals surface area (Å²) in [6.07, 6.45) is 1.78. The molecule has 0 bridgehead atoms.